The minimum absolute atomic E-state index is 0.000444. The Hall–Kier alpha value is -0.170. The van der Waals surface area contributed by atoms with Crippen molar-refractivity contribution in [1.82, 2.24) is 9.03 Å². The molecule has 1 aliphatic rings. The van der Waals surface area contributed by atoms with Gasteiger partial charge in [0.1, 0.15) is 0 Å². The van der Waals surface area contributed by atoms with Gasteiger partial charge >= 0.3 is 0 Å². The molecule has 1 rings (SSSR count). The molecular weight excluding hydrogens is 252 g/mol. The lowest BCUT2D eigenvalue weighted by Crippen LogP contribution is -2.51. The average Bonchev–Trinajstić information content (AvgIpc) is 2.26. The van der Waals surface area contributed by atoms with Crippen LogP contribution in [0.3, 0.4) is 0 Å². The summed E-state index contributed by atoms with van der Waals surface area (Å²) in [5.41, 5.74) is -1.02. The lowest BCUT2D eigenvalue weighted by atomic mass is 9.93. The van der Waals surface area contributed by atoms with Gasteiger partial charge in [-0.15, -0.1) is 0 Å². The number of piperidine rings is 1. The lowest BCUT2D eigenvalue weighted by molar-refractivity contribution is 0.0186. The Labute approximate surface area is 111 Å². The van der Waals surface area contributed by atoms with Gasteiger partial charge in [-0.3, -0.25) is 0 Å². The molecule has 0 bridgehead atoms. The predicted molar refractivity (Wildman–Crippen MR) is 72.4 cm³/mol. The summed E-state index contributed by atoms with van der Waals surface area (Å²) in [6.45, 7) is 8.65. The van der Waals surface area contributed by atoms with Gasteiger partial charge in [0.25, 0.3) is 10.2 Å². The maximum atomic E-state index is 12.1. The number of nitrogens with zero attached hydrogens (tertiary/aromatic N) is 1. The fourth-order valence-corrected chi connectivity index (χ4v) is 3.37. The van der Waals surface area contributed by atoms with Gasteiger partial charge in [-0.05, 0) is 31.6 Å². The first-order valence-corrected chi connectivity index (χ1v) is 8.06. The third-order valence-electron chi connectivity index (χ3n) is 3.82. The van der Waals surface area contributed by atoms with Crippen molar-refractivity contribution in [3.05, 3.63) is 0 Å². The van der Waals surface area contributed by atoms with E-state index in [1.54, 1.807) is 6.92 Å². The van der Waals surface area contributed by atoms with E-state index in [-0.39, 0.29) is 12.5 Å². The van der Waals surface area contributed by atoms with Crippen LogP contribution < -0.4 is 4.72 Å². The van der Waals surface area contributed by atoms with Crippen LogP contribution in [0.25, 0.3) is 0 Å². The van der Waals surface area contributed by atoms with Crippen LogP contribution in [-0.2, 0) is 10.2 Å². The smallest absolute Gasteiger partial charge is 0.279 e. The molecule has 0 radical (unpaired) electrons. The number of nitrogens with one attached hydrogen (secondary N) is 1. The van der Waals surface area contributed by atoms with E-state index in [1.807, 2.05) is 13.8 Å². The molecule has 1 heterocycles. The van der Waals surface area contributed by atoms with Gasteiger partial charge in [0.05, 0.1) is 5.60 Å². The normalized spacial score (nSPS) is 26.2. The Kier molecular flexibility index (Phi) is 5.17. The molecule has 0 aromatic rings. The van der Waals surface area contributed by atoms with Crippen molar-refractivity contribution in [2.75, 3.05) is 19.6 Å². The lowest BCUT2D eigenvalue weighted by Gasteiger charge is -2.32. The Bertz CT molecular complexity index is 366. The van der Waals surface area contributed by atoms with Gasteiger partial charge < -0.3 is 5.11 Å². The molecule has 108 valence electrons. The third-order valence-corrected chi connectivity index (χ3v) is 5.34. The Morgan fingerprint density at radius 2 is 2.11 bits per heavy atom. The largest absolute Gasteiger partial charge is 0.389 e. The number of aliphatic hydroxyl groups is 1. The molecular formula is C12H26N2O3S. The molecule has 2 unspecified atom stereocenters. The van der Waals surface area contributed by atoms with Gasteiger partial charge in [-0.25, -0.2) is 0 Å². The highest BCUT2D eigenvalue weighted by molar-refractivity contribution is 7.87. The van der Waals surface area contributed by atoms with Gasteiger partial charge in [-0.1, -0.05) is 20.8 Å². The topological polar surface area (TPSA) is 69.6 Å². The third kappa shape index (κ3) is 4.19. The predicted octanol–water partition coefficient (Wildman–Crippen LogP) is 0.960. The minimum Gasteiger partial charge on any atom is -0.389 e. The van der Waals surface area contributed by atoms with E-state index >= 15 is 0 Å². The molecule has 0 aromatic carbocycles. The summed E-state index contributed by atoms with van der Waals surface area (Å²) in [6.07, 6.45) is 1.98. The quantitative estimate of drug-likeness (QED) is 0.787. The van der Waals surface area contributed by atoms with Gasteiger partial charge in [0, 0.05) is 19.6 Å². The van der Waals surface area contributed by atoms with Crippen molar-refractivity contribution in [3.8, 4) is 0 Å². The molecule has 2 N–H and O–H groups in total. The summed E-state index contributed by atoms with van der Waals surface area (Å²) in [5.74, 6) is 0.404. The van der Waals surface area contributed by atoms with E-state index in [1.165, 1.54) is 4.31 Å². The van der Waals surface area contributed by atoms with Gasteiger partial charge in [0.15, 0.2) is 0 Å². The fraction of sp³-hybridized carbons (Fsp3) is 1.00. The van der Waals surface area contributed by atoms with E-state index in [9.17, 15) is 13.5 Å². The molecule has 5 nitrogen and oxygen atoms in total. The summed E-state index contributed by atoms with van der Waals surface area (Å²) < 4.78 is 28.2. The second-order valence-corrected chi connectivity index (χ2v) is 7.70. The highest BCUT2D eigenvalue weighted by atomic mass is 32.2. The van der Waals surface area contributed by atoms with Gasteiger partial charge in [0.2, 0.25) is 0 Å². The second kappa shape index (κ2) is 5.86. The summed E-state index contributed by atoms with van der Waals surface area (Å²) >= 11 is 0. The summed E-state index contributed by atoms with van der Waals surface area (Å²) in [7, 11) is -3.46. The van der Waals surface area contributed by atoms with Crippen LogP contribution in [0, 0.1) is 11.8 Å². The van der Waals surface area contributed by atoms with Crippen molar-refractivity contribution >= 4 is 10.2 Å². The molecule has 0 amide bonds. The second-order valence-electron chi connectivity index (χ2n) is 5.94. The molecule has 1 saturated heterocycles. The highest BCUT2D eigenvalue weighted by Gasteiger charge is 2.31. The summed E-state index contributed by atoms with van der Waals surface area (Å²) in [5, 5.41) is 10.1. The van der Waals surface area contributed by atoms with Crippen molar-refractivity contribution in [1.29, 1.82) is 0 Å². The zero-order valence-corrected chi connectivity index (χ0v) is 12.6. The molecule has 6 heteroatoms. The molecule has 0 spiro atoms. The molecule has 0 aliphatic carbocycles. The standard InChI is InChI=1S/C12H26N2O3S/c1-10(2)12(4,15)9-13-18(16,17)14-7-5-6-11(3)8-14/h10-11,13,15H,5-9H2,1-4H3. The SMILES string of the molecule is CC1CCCN(S(=O)(=O)NCC(C)(O)C(C)C)C1. The van der Waals surface area contributed by atoms with E-state index in [0.717, 1.165) is 12.8 Å². The van der Waals surface area contributed by atoms with E-state index in [2.05, 4.69) is 11.6 Å². The van der Waals surface area contributed by atoms with Crippen molar-refractivity contribution < 1.29 is 13.5 Å². The van der Waals surface area contributed by atoms with Gasteiger partial charge in [-0.2, -0.15) is 17.4 Å². The Morgan fingerprint density at radius 1 is 1.50 bits per heavy atom. The van der Waals surface area contributed by atoms with Crippen LogP contribution in [-0.4, -0.2) is 43.1 Å². The zero-order chi connectivity index (χ0) is 14.0. The molecule has 0 saturated carbocycles. The summed E-state index contributed by atoms with van der Waals surface area (Å²) in [6, 6.07) is 0. The first-order valence-electron chi connectivity index (χ1n) is 6.62. The molecule has 18 heavy (non-hydrogen) atoms. The maximum absolute atomic E-state index is 12.1. The molecule has 0 aromatic heterocycles. The van der Waals surface area contributed by atoms with E-state index in [4.69, 9.17) is 0 Å². The van der Waals surface area contributed by atoms with Crippen LogP contribution in [0.1, 0.15) is 40.5 Å². The monoisotopic (exact) mass is 278 g/mol. The highest BCUT2D eigenvalue weighted by Crippen LogP contribution is 2.19. The van der Waals surface area contributed by atoms with Crippen LogP contribution in [0.2, 0.25) is 0 Å². The number of hydrogen-bond donors (Lipinski definition) is 2. The average molecular weight is 278 g/mol. The van der Waals surface area contributed by atoms with Crippen molar-refractivity contribution in [2.24, 2.45) is 11.8 Å². The first-order chi connectivity index (χ1) is 8.15. The first kappa shape index (κ1) is 15.9. The molecule has 2 atom stereocenters. The molecule has 1 fully saturated rings. The Morgan fingerprint density at radius 3 is 2.61 bits per heavy atom. The number of rotatable bonds is 5. The fourth-order valence-electron chi connectivity index (χ4n) is 1.90. The number of hydrogen-bond acceptors (Lipinski definition) is 3. The van der Waals surface area contributed by atoms with E-state index in [0.29, 0.717) is 19.0 Å². The van der Waals surface area contributed by atoms with Crippen LogP contribution in [0.4, 0.5) is 0 Å². The van der Waals surface area contributed by atoms with Crippen LogP contribution in [0.5, 0.6) is 0 Å². The van der Waals surface area contributed by atoms with Crippen LogP contribution >= 0.6 is 0 Å². The Balaban J connectivity index is 2.59. The van der Waals surface area contributed by atoms with Crippen LogP contribution in [0.15, 0.2) is 0 Å². The minimum atomic E-state index is -3.46. The zero-order valence-electron chi connectivity index (χ0n) is 11.8. The van der Waals surface area contributed by atoms with Crippen molar-refractivity contribution in [2.45, 2.75) is 46.1 Å². The maximum Gasteiger partial charge on any atom is 0.279 e. The summed E-state index contributed by atoms with van der Waals surface area (Å²) in [4.78, 5) is 0. The van der Waals surface area contributed by atoms with E-state index < -0.39 is 15.8 Å². The van der Waals surface area contributed by atoms with Crippen molar-refractivity contribution in [3.63, 3.8) is 0 Å². The molecule has 1 aliphatic heterocycles.